The lowest BCUT2D eigenvalue weighted by atomic mass is 10.1. The van der Waals surface area contributed by atoms with Gasteiger partial charge in [0.05, 0.1) is 5.56 Å². The van der Waals surface area contributed by atoms with E-state index in [2.05, 4.69) is 51.3 Å². The van der Waals surface area contributed by atoms with E-state index in [0.29, 0.717) is 11.6 Å². The summed E-state index contributed by atoms with van der Waals surface area (Å²) in [5.74, 6) is 0. The largest absolute Gasteiger partial charge is 0.367 e. The molecule has 0 aliphatic carbocycles. The van der Waals surface area contributed by atoms with Crippen molar-refractivity contribution in [3.8, 4) is 6.07 Å². The van der Waals surface area contributed by atoms with Gasteiger partial charge in [0.15, 0.2) is 0 Å². The molecule has 1 aromatic rings. The Balaban J connectivity index is 2.25. The normalized spacial score (nSPS) is 18.6. The Hall–Kier alpha value is -1.05. The first kappa shape index (κ1) is 13.4. The van der Waals surface area contributed by atoms with Gasteiger partial charge >= 0.3 is 0 Å². The molecule has 4 heteroatoms. The van der Waals surface area contributed by atoms with E-state index in [-0.39, 0.29) is 0 Å². The Morgan fingerprint density at radius 1 is 1.56 bits per heavy atom. The molecule has 1 fully saturated rings. The van der Waals surface area contributed by atoms with Crippen LogP contribution in [-0.4, -0.2) is 25.7 Å². The molecule has 0 spiro atoms. The molecule has 1 unspecified atom stereocenters. The molecule has 1 N–H and O–H groups in total. The minimum atomic E-state index is 0.574. The SMILES string of the molecule is CCCN(c1ccc(C#N)c(Br)c1)C1CCNC1. The quantitative estimate of drug-likeness (QED) is 0.929. The van der Waals surface area contributed by atoms with Crippen LogP contribution in [0.2, 0.25) is 0 Å². The van der Waals surface area contributed by atoms with Gasteiger partial charge in [-0.25, -0.2) is 0 Å². The number of nitriles is 1. The van der Waals surface area contributed by atoms with Crippen LogP contribution < -0.4 is 10.2 Å². The third kappa shape index (κ3) is 2.85. The highest BCUT2D eigenvalue weighted by atomic mass is 79.9. The Kier molecular flexibility index (Phi) is 4.62. The maximum Gasteiger partial charge on any atom is 0.100 e. The van der Waals surface area contributed by atoms with Crippen LogP contribution in [-0.2, 0) is 0 Å². The average Bonchev–Trinajstić information content (AvgIpc) is 2.89. The van der Waals surface area contributed by atoms with Crippen LogP contribution in [0.1, 0.15) is 25.3 Å². The molecule has 1 aliphatic heterocycles. The lowest BCUT2D eigenvalue weighted by Gasteiger charge is -2.30. The fourth-order valence-electron chi connectivity index (χ4n) is 2.44. The fraction of sp³-hybridized carbons (Fsp3) is 0.500. The highest BCUT2D eigenvalue weighted by Crippen LogP contribution is 2.26. The first-order valence-corrected chi connectivity index (χ1v) is 7.22. The topological polar surface area (TPSA) is 39.1 Å². The Bertz CT molecular complexity index is 447. The molecule has 0 saturated carbocycles. The van der Waals surface area contributed by atoms with Gasteiger partial charge in [0.2, 0.25) is 0 Å². The second kappa shape index (κ2) is 6.21. The van der Waals surface area contributed by atoms with Crippen molar-refractivity contribution in [3.05, 3.63) is 28.2 Å². The second-order valence-electron chi connectivity index (χ2n) is 4.62. The van der Waals surface area contributed by atoms with Gasteiger partial charge in [-0.15, -0.1) is 0 Å². The number of nitrogens with zero attached hydrogens (tertiary/aromatic N) is 2. The molecule has 0 aromatic heterocycles. The van der Waals surface area contributed by atoms with Crippen molar-refractivity contribution < 1.29 is 0 Å². The maximum absolute atomic E-state index is 8.96. The molecule has 0 bridgehead atoms. The second-order valence-corrected chi connectivity index (χ2v) is 5.47. The summed E-state index contributed by atoms with van der Waals surface area (Å²) >= 11 is 3.47. The molecular weight excluding hydrogens is 290 g/mol. The summed E-state index contributed by atoms with van der Waals surface area (Å²) < 4.78 is 0.884. The van der Waals surface area contributed by atoms with Crippen LogP contribution in [0, 0.1) is 11.3 Å². The van der Waals surface area contributed by atoms with Crippen LogP contribution >= 0.6 is 15.9 Å². The molecule has 2 rings (SSSR count). The molecular formula is C14H18BrN3. The van der Waals surface area contributed by atoms with Crippen LogP contribution in [0.3, 0.4) is 0 Å². The van der Waals surface area contributed by atoms with Gasteiger partial charge < -0.3 is 10.2 Å². The Labute approximate surface area is 117 Å². The van der Waals surface area contributed by atoms with E-state index in [4.69, 9.17) is 5.26 Å². The number of hydrogen-bond acceptors (Lipinski definition) is 3. The summed E-state index contributed by atoms with van der Waals surface area (Å²) in [7, 11) is 0. The summed E-state index contributed by atoms with van der Waals surface area (Å²) in [6, 6.07) is 8.77. The molecule has 1 aliphatic rings. The molecule has 3 nitrogen and oxygen atoms in total. The third-order valence-electron chi connectivity index (χ3n) is 3.34. The fourth-order valence-corrected chi connectivity index (χ4v) is 2.90. The number of hydrogen-bond donors (Lipinski definition) is 1. The molecule has 1 aromatic carbocycles. The van der Waals surface area contributed by atoms with Crippen LogP contribution in [0.5, 0.6) is 0 Å². The van der Waals surface area contributed by atoms with Crippen molar-refractivity contribution in [3.63, 3.8) is 0 Å². The summed E-state index contributed by atoms with van der Waals surface area (Å²) in [5, 5.41) is 12.4. The summed E-state index contributed by atoms with van der Waals surface area (Å²) in [6.45, 7) is 5.42. The van der Waals surface area contributed by atoms with E-state index < -0.39 is 0 Å². The highest BCUT2D eigenvalue weighted by molar-refractivity contribution is 9.10. The summed E-state index contributed by atoms with van der Waals surface area (Å²) in [5.41, 5.74) is 1.90. The molecule has 18 heavy (non-hydrogen) atoms. The maximum atomic E-state index is 8.96. The van der Waals surface area contributed by atoms with Crippen molar-refractivity contribution in [2.75, 3.05) is 24.5 Å². The zero-order valence-electron chi connectivity index (χ0n) is 10.6. The van der Waals surface area contributed by atoms with Crippen molar-refractivity contribution in [1.29, 1.82) is 5.26 Å². The van der Waals surface area contributed by atoms with Crippen LogP contribution in [0.4, 0.5) is 5.69 Å². The Morgan fingerprint density at radius 3 is 2.94 bits per heavy atom. The van der Waals surface area contributed by atoms with Gasteiger partial charge in [-0.3, -0.25) is 0 Å². The van der Waals surface area contributed by atoms with Gasteiger partial charge in [-0.1, -0.05) is 6.92 Å². The van der Waals surface area contributed by atoms with Gasteiger partial charge in [0.25, 0.3) is 0 Å². The minimum absolute atomic E-state index is 0.574. The molecule has 1 atom stereocenters. The zero-order chi connectivity index (χ0) is 13.0. The van der Waals surface area contributed by atoms with Crippen LogP contribution in [0.15, 0.2) is 22.7 Å². The van der Waals surface area contributed by atoms with E-state index >= 15 is 0 Å². The molecule has 96 valence electrons. The van der Waals surface area contributed by atoms with Crippen molar-refractivity contribution >= 4 is 21.6 Å². The number of nitrogens with one attached hydrogen (secondary N) is 1. The molecule has 1 saturated heterocycles. The molecule has 1 heterocycles. The number of rotatable bonds is 4. The predicted molar refractivity (Wildman–Crippen MR) is 77.8 cm³/mol. The van der Waals surface area contributed by atoms with Gasteiger partial charge in [0.1, 0.15) is 6.07 Å². The van der Waals surface area contributed by atoms with Gasteiger partial charge in [0, 0.05) is 29.3 Å². The minimum Gasteiger partial charge on any atom is -0.367 e. The first-order valence-electron chi connectivity index (χ1n) is 6.43. The van der Waals surface area contributed by atoms with E-state index in [1.54, 1.807) is 0 Å². The Morgan fingerprint density at radius 2 is 2.39 bits per heavy atom. The standard InChI is InChI=1S/C14H18BrN3/c1-2-7-18(13-5-6-17-10-13)12-4-3-11(9-16)14(15)8-12/h3-4,8,13,17H,2,5-7,10H2,1H3. The smallest absolute Gasteiger partial charge is 0.100 e. The van der Waals surface area contributed by atoms with Crippen molar-refractivity contribution in [2.45, 2.75) is 25.8 Å². The van der Waals surface area contributed by atoms with Crippen LogP contribution in [0.25, 0.3) is 0 Å². The predicted octanol–water partition coefficient (Wildman–Crippen LogP) is 2.90. The lowest BCUT2D eigenvalue weighted by molar-refractivity contribution is 0.625. The van der Waals surface area contributed by atoms with Gasteiger partial charge in [-0.05, 0) is 53.5 Å². The van der Waals surface area contributed by atoms with Gasteiger partial charge in [-0.2, -0.15) is 5.26 Å². The number of benzene rings is 1. The lowest BCUT2D eigenvalue weighted by Crippen LogP contribution is -2.37. The number of halogens is 1. The number of anilines is 1. The summed E-state index contributed by atoms with van der Waals surface area (Å²) in [6.07, 6.45) is 2.33. The highest BCUT2D eigenvalue weighted by Gasteiger charge is 2.22. The third-order valence-corrected chi connectivity index (χ3v) is 4.00. The molecule has 0 amide bonds. The first-order chi connectivity index (χ1) is 8.76. The van der Waals surface area contributed by atoms with Crippen molar-refractivity contribution in [1.82, 2.24) is 5.32 Å². The summed E-state index contributed by atoms with van der Waals surface area (Å²) in [4.78, 5) is 2.45. The van der Waals surface area contributed by atoms with E-state index in [1.807, 2.05) is 6.07 Å². The monoisotopic (exact) mass is 307 g/mol. The van der Waals surface area contributed by atoms with E-state index in [1.165, 1.54) is 12.1 Å². The molecule has 0 radical (unpaired) electrons. The van der Waals surface area contributed by atoms with Crippen molar-refractivity contribution in [2.24, 2.45) is 0 Å². The average molecular weight is 308 g/mol. The van der Waals surface area contributed by atoms with E-state index in [0.717, 1.165) is 30.5 Å². The van der Waals surface area contributed by atoms with E-state index in [9.17, 15) is 0 Å². The zero-order valence-corrected chi connectivity index (χ0v) is 12.2.